The van der Waals surface area contributed by atoms with E-state index in [1.165, 1.54) is 22.6 Å². The minimum absolute atomic E-state index is 0. The summed E-state index contributed by atoms with van der Waals surface area (Å²) < 4.78 is 12.3. The van der Waals surface area contributed by atoms with E-state index >= 15 is 0 Å². The van der Waals surface area contributed by atoms with E-state index in [2.05, 4.69) is 95.9 Å². The van der Waals surface area contributed by atoms with Crippen LogP contribution in [0.4, 0.5) is 0 Å². The summed E-state index contributed by atoms with van der Waals surface area (Å²) in [5, 5.41) is 13.4. The number of benzene rings is 2. The molecule has 0 aliphatic carbocycles. The number of hydrogen-bond donors (Lipinski definition) is 1. The molecule has 0 saturated heterocycles. The van der Waals surface area contributed by atoms with Gasteiger partial charge in [-0.2, -0.15) is 0 Å². The van der Waals surface area contributed by atoms with E-state index in [0.29, 0.717) is 11.6 Å². The number of hydrogen-bond acceptors (Lipinski definition) is 6. The van der Waals surface area contributed by atoms with Crippen molar-refractivity contribution in [3.05, 3.63) is 95.3 Å². The van der Waals surface area contributed by atoms with Gasteiger partial charge in [0.2, 0.25) is 5.71 Å². The number of rotatable bonds is 11. The Labute approximate surface area is 347 Å². The first-order chi connectivity index (χ1) is 25.9. The van der Waals surface area contributed by atoms with Gasteiger partial charge in [-0.25, -0.2) is 0 Å². The van der Waals surface area contributed by atoms with Crippen LogP contribution in [0.5, 0.6) is 0 Å². The molecule has 0 atom stereocenters. The van der Waals surface area contributed by atoms with Crippen LogP contribution >= 0.6 is 0 Å². The summed E-state index contributed by atoms with van der Waals surface area (Å²) in [6, 6.07) is 18.5. The van der Waals surface area contributed by atoms with Crippen LogP contribution in [0.3, 0.4) is 0 Å². The molecule has 0 aliphatic heterocycles. The Morgan fingerprint density at radius 1 is 0.911 bits per heavy atom. The number of furan rings is 2. The quantitative estimate of drug-likeness (QED) is 0.0791. The molecule has 56 heavy (non-hydrogen) atoms. The second-order valence-electron chi connectivity index (χ2n) is 17.3. The Balaban J connectivity index is 0.000000330. The number of nitrogens with zero attached hydrogens (tertiary/aromatic N) is 2. The smallest absolute Gasteiger partial charge is 0.217 e. The van der Waals surface area contributed by atoms with Crippen LogP contribution in [0.25, 0.3) is 55.4 Å². The van der Waals surface area contributed by atoms with Crippen molar-refractivity contribution >= 4 is 38.8 Å². The van der Waals surface area contributed by atoms with E-state index in [-0.39, 0.29) is 47.9 Å². The van der Waals surface area contributed by atoms with E-state index in [9.17, 15) is 9.90 Å². The molecule has 2 aromatic carbocycles. The second-order valence-corrected chi connectivity index (χ2v) is 17.3. The van der Waals surface area contributed by atoms with E-state index < -0.39 is 0 Å². The van der Waals surface area contributed by atoms with Crippen molar-refractivity contribution in [2.24, 2.45) is 16.7 Å². The normalized spacial score (nSPS) is 12.6. The molecule has 0 saturated carbocycles. The molecule has 0 spiro atoms. The summed E-state index contributed by atoms with van der Waals surface area (Å²) in [5.41, 5.74) is 9.11. The third-order valence-corrected chi connectivity index (χ3v) is 12.0. The maximum Gasteiger partial charge on any atom is 0.217 e. The van der Waals surface area contributed by atoms with Gasteiger partial charge in [0.1, 0.15) is 17.1 Å². The van der Waals surface area contributed by atoms with Gasteiger partial charge in [0, 0.05) is 60.4 Å². The summed E-state index contributed by atoms with van der Waals surface area (Å²) in [6.45, 7) is 27.4. The topological polar surface area (TPSA) is 89.4 Å². The SMILES string of the molecule is CCC(C)(CC)C(=O)/C=C(\O)C(C)(CC)CC.Cc1c(CC(C)C)oc2cc(-c3cc(-c4[c-]c5ncccc5c(C(C)(C)C)c4)nc4occ(C)c34)ccc12.[Ir]. The average molecular weight is 934 g/mol. The zero-order chi connectivity index (χ0) is 40.5. The van der Waals surface area contributed by atoms with Gasteiger partial charge in [0.25, 0.3) is 0 Å². The molecule has 4 heterocycles. The molecular formula is C49H61IrN2O4-. The van der Waals surface area contributed by atoms with Crippen LogP contribution in [0.15, 0.2) is 75.6 Å². The first kappa shape index (κ1) is 44.7. The summed E-state index contributed by atoms with van der Waals surface area (Å²) in [4.78, 5) is 21.8. The Morgan fingerprint density at radius 2 is 1.57 bits per heavy atom. The van der Waals surface area contributed by atoms with E-state index in [4.69, 9.17) is 13.8 Å². The minimum atomic E-state index is -0.337. The molecule has 0 fully saturated rings. The van der Waals surface area contributed by atoms with Gasteiger partial charge in [0.05, 0.1) is 6.26 Å². The Hall–Kier alpha value is -4.06. The van der Waals surface area contributed by atoms with Crippen LogP contribution in [-0.2, 0) is 36.7 Å². The summed E-state index contributed by atoms with van der Waals surface area (Å²) in [6.07, 6.45) is 9.29. The van der Waals surface area contributed by atoms with Crippen molar-refractivity contribution in [1.29, 1.82) is 0 Å². The summed E-state index contributed by atoms with van der Waals surface area (Å²) in [5.74, 6) is 1.89. The fourth-order valence-electron chi connectivity index (χ4n) is 7.12. The number of aromatic nitrogens is 2. The number of ketones is 1. The molecule has 0 amide bonds. The first-order valence-corrected chi connectivity index (χ1v) is 20.1. The monoisotopic (exact) mass is 934 g/mol. The number of fused-ring (bicyclic) bond motifs is 3. The standard InChI is InChI=1S/C34H33N2O2.C15H28O2.Ir/c1-19(2)13-30-21(4)24-11-10-22(16-31(24)38-30)26-17-28(36-33-32(26)20(3)18-37-33)23-14-27(34(5,6)7)25-9-8-12-35-29(25)15-23;1-7-14(5,8-2)12(16)11-13(17)15(6,9-3)10-4;/h8-12,14,16-19H,13H2,1-7H3;11,16H,7-10H2,1-6H3;/q-1;;/b;12-11-;. The molecule has 301 valence electrons. The van der Waals surface area contributed by atoms with Crippen LogP contribution < -0.4 is 0 Å². The maximum atomic E-state index is 12.2. The predicted molar refractivity (Wildman–Crippen MR) is 229 cm³/mol. The minimum Gasteiger partial charge on any atom is -0.512 e. The summed E-state index contributed by atoms with van der Waals surface area (Å²) >= 11 is 0. The van der Waals surface area contributed by atoms with Crippen LogP contribution in [-0.4, -0.2) is 20.9 Å². The molecule has 7 heteroatoms. The van der Waals surface area contributed by atoms with Crippen LogP contribution in [0, 0.1) is 36.7 Å². The Kier molecular flexibility index (Phi) is 14.0. The Bertz CT molecular complexity index is 2350. The molecule has 6 nitrogen and oxygen atoms in total. The maximum absolute atomic E-state index is 12.2. The third kappa shape index (κ3) is 9.05. The van der Waals surface area contributed by atoms with Crippen molar-refractivity contribution in [2.45, 2.75) is 128 Å². The summed E-state index contributed by atoms with van der Waals surface area (Å²) in [7, 11) is 0. The molecule has 6 aromatic rings. The number of carbonyl (C=O) groups excluding carboxylic acids is 1. The predicted octanol–water partition coefficient (Wildman–Crippen LogP) is 14.0. The van der Waals surface area contributed by atoms with Crippen molar-refractivity contribution in [1.82, 2.24) is 9.97 Å². The van der Waals surface area contributed by atoms with Crippen molar-refractivity contribution in [3.63, 3.8) is 0 Å². The van der Waals surface area contributed by atoms with Crippen LogP contribution in [0.2, 0.25) is 0 Å². The van der Waals surface area contributed by atoms with Crippen molar-refractivity contribution in [3.8, 4) is 22.4 Å². The number of aryl methyl sites for hydroxylation is 2. The Morgan fingerprint density at radius 3 is 2.18 bits per heavy atom. The molecule has 0 unspecified atom stereocenters. The first-order valence-electron chi connectivity index (χ1n) is 20.1. The molecule has 0 aliphatic rings. The average Bonchev–Trinajstić information content (AvgIpc) is 3.70. The van der Waals surface area contributed by atoms with Gasteiger partial charge < -0.3 is 13.9 Å². The van der Waals surface area contributed by atoms with Gasteiger partial charge in [-0.3, -0.25) is 14.8 Å². The number of aliphatic hydroxyl groups is 1. The van der Waals surface area contributed by atoms with Gasteiger partial charge in [-0.05, 0) is 90.4 Å². The molecule has 1 radical (unpaired) electrons. The van der Waals surface area contributed by atoms with E-state index in [0.717, 1.165) is 87.7 Å². The fourth-order valence-corrected chi connectivity index (χ4v) is 7.12. The van der Waals surface area contributed by atoms with Crippen LogP contribution in [0.1, 0.15) is 124 Å². The third-order valence-electron chi connectivity index (χ3n) is 12.0. The zero-order valence-corrected chi connectivity index (χ0v) is 38.2. The van der Waals surface area contributed by atoms with Crippen molar-refractivity contribution < 1.29 is 38.8 Å². The molecular weight excluding hydrogens is 873 g/mol. The molecule has 4 aromatic heterocycles. The second kappa shape index (κ2) is 17.6. The molecule has 0 bridgehead atoms. The van der Waals surface area contributed by atoms with Crippen molar-refractivity contribution in [2.75, 3.05) is 0 Å². The van der Waals surface area contributed by atoms with E-state index in [1.54, 1.807) is 6.26 Å². The zero-order valence-electron chi connectivity index (χ0n) is 35.8. The number of aliphatic hydroxyl groups excluding tert-OH is 1. The number of carbonyl (C=O) groups is 1. The number of allylic oxidation sites excluding steroid dienone is 2. The van der Waals surface area contributed by atoms with Gasteiger partial charge in [-0.15, -0.1) is 23.3 Å². The number of pyridine rings is 2. The van der Waals surface area contributed by atoms with E-state index in [1.807, 2.05) is 53.8 Å². The fraction of sp³-hybridized carbons (Fsp3) is 0.449. The largest absolute Gasteiger partial charge is 0.512 e. The molecule has 1 N–H and O–H groups in total. The molecule has 6 rings (SSSR count). The van der Waals surface area contributed by atoms with Gasteiger partial charge in [0.15, 0.2) is 5.78 Å². The van der Waals surface area contributed by atoms with Gasteiger partial charge in [-0.1, -0.05) is 112 Å². The van der Waals surface area contributed by atoms with Gasteiger partial charge >= 0.3 is 0 Å².